The molecule has 9 N–H and O–H groups in total. The summed E-state index contributed by atoms with van der Waals surface area (Å²) < 4.78 is 23.6. The Hall–Kier alpha value is -1.27. The van der Waals surface area contributed by atoms with E-state index >= 15 is 0 Å². The monoisotopic (exact) mass is 782 g/mol. The third-order valence-corrected chi connectivity index (χ3v) is 17.0. The Morgan fingerprint density at radius 1 is 0.818 bits per heavy atom. The first-order valence-electron chi connectivity index (χ1n) is 20.5. The van der Waals surface area contributed by atoms with E-state index in [1.165, 1.54) is 5.57 Å². The molecule has 0 aromatic carbocycles. The SMILES string of the molecule is CC1(C)CCC2(C(=O)O)C(O)CC3(C)C(=CCC4C5(C)CCC(OC6OCC(O)C(OC7OC(CO)C(O)C(O)C7O)C6O)C(C)(CO)C5CCC43C)C2C1. The van der Waals surface area contributed by atoms with Crippen LogP contribution in [0.5, 0.6) is 0 Å². The Morgan fingerprint density at radius 3 is 2.18 bits per heavy atom. The minimum Gasteiger partial charge on any atom is -0.481 e. The van der Waals surface area contributed by atoms with Crippen molar-refractivity contribution in [2.24, 2.45) is 50.2 Å². The highest BCUT2D eigenvalue weighted by Crippen LogP contribution is 2.76. The summed E-state index contributed by atoms with van der Waals surface area (Å²) in [5, 5.41) is 96.8. The van der Waals surface area contributed by atoms with Gasteiger partial charge >= 0.3 is 5.97 Å². The van der Waals surface area contributed by atoms with Crippen molar-refractivity contribution in [1.29, 1.82) is 0 Å². The molecule has 0 radical (unpaired) electrons. The van der Waals surface area contributed by atoms with Crippen molar-refractivity contribution in [3.8, 4) is 0 Å². The number of ether oxygens (including phenoxy) is 4. The van der Waals surface area contributed by atoms with E-state index in [4.69, 9.17) is 18.9 Å². The molecule has 6 fully saturated rings. The van der Waals surface area contributed by atoms with Gasteiger partial charge in [0, 0.05) is 5.41 Å². The number of carboxylic acid groups (broad SMARTS) is 1. The van der Waals surface area contributed by atoms with Gasteiger partial charge in [0.1, 0.15) is 48.1 Å². The molecule has 2 aliphatic heterocycles. The summed E-state index contributed by atoms with van der Waals surface area (Å²) in [6.45, 7) is 12.2. The van der Waals surface area contributed by atoms with Crippen molar-refractivity contribution in [3.05, 3.63) is 11.6 Å². The molecule has 314 valence electrons. The molecule has 5 aliphatic carbocycles. The molecule has 55 heavy (non-hydrogen) atoms. The van der Waals surface area contributed by atoms with E-state index < -0.39 is 96.3 Å². The fourth-order valence-electron chi connectivity index (χ4n) is 13.5. The van der Waals surface area contributed by atoms with Crippen LogP contribution < -0.4 is 0 Å². The molecule has 7 rings (SSSR count). The minimum atomic E-state index is -1.73. The van der Waals surface area contributed by atoms with E-state index in [9.17, 15) is 50.8 Å². The number of allylic oxidation sites excluding steroid dienone is 2. The van der Waals surface area contributed by atoms with Crippen molar-refractivity contribution in [2.75, 3.05) is 19.8 Å². The number of aliphatic hydroxyl groups is 8. The van der Waals surface area contributed by atoms with Gasteiger partial charge < -0.3 is 64.9 Å². The van der Waals surface area contributed by atoms with Crippen LogP contribution in [0.2, 0.25) is 0 Å². The lowest BCUT2D eigenvalue weighted by molar-refractivity contribution is -0.358. The lowest BCUT2D eigenvalue weighted by Gasteiger charge is -2.71. The molecule has 0 aromatic rings. The number of rotatable bonds is 7. The summed E-state index contributed by atoms with van der Waals surface area (Å²) >= 11 is 0. The zero-order valence-corrected chi connectivity index (χ0v) is 33.2. The van der Waals surface area contributed by atoms with Crippen molar-refractivity contribution >= 4 is 5.97 Å². The van der Waals surface area contributed by atoms with Crippen LogP contribution >= 0.6 is 0 Å². The smallest absolute Gasteiger partial charge is 0.312 e. The third-order valence-electron chi connectivity index (χ3n) is 17.0. The fourth-order valence-corrected chi connectivity index (χ4v) is 13.5. The van der Waals surface area contributed by atoms with E-state index in [1.807, 2.05) is 6.92 Å². The maximum Gasteiger partial charge on any atom is 0.312 e. The molecule has 14 heteroatoms. The van der Waals surface area contributed by atoms with Crippen LogP contribution in [-0.4, -0.2) is 139 Å². The molecule has 0 bridgehead atoms. The summed E-state index contributed by atoms with van der Waals surface area (Å²) in [6.07, 6.45) is -6.60. The van der Waals surface area contributed by atoms with Crippen LogP contribution in [0.1, 0.15) is 99.3 Å². The van der Waals surface area contributed by atoms with Gasteiger partial charge in [-0.05, 0) is 97.2 Å². The van der Waals surface area contributed by atoms with Crippen LogP contribution in [0.3, 0.4) is 0 Å². The first-order chi connectivity index (χ1) is 25.6. The molecule has 14 nitrogen and oxygen atoms in total. The van der Waals surface area contributed by atoms with Crippen LogP contribution in [0.15, 0.2) is 11.6 Å². The predicted molar refractivity (Wildman–Crippen MR) is 195 cm³/mol. The average molecular weight is 783 g/mol. The van der Waals surface area contributed by atoms with Gasteiger partial charge in [0.05, 0.1) is 32.0 Å². The highest BCUT2D eigenvalue weighted by molar-refractivity contribution is 5.77. The van der Waals surface area contributed by atoms with Gasteiger partial charge in [-0.15, -0.1) is 0 Å². The van der Waals surface area contributed by atoms with Gasteiger partial charge in [0.25, 0.3) is 0 Å². The molecule has 0 aromatic heterocycles. The number of carboxylic acids is 1. The normalized spacial score (nSPS) is 54.9. The van der Waals surface area contributed by atoms with Gasteiger partial charge in [-0.25, -0.2) is 0 Å². The molecule has 7 aliphatic rings. The van der Waals surface area contributed by atoms with Gasteiger partial charge in [-0.1, -0.05) is 53.2 Å². The van der Waals surface area contributed by atoms with Crippen molar-refractivity contribution < 1.29 is 69.7 Å². The van der Waals surface area contributed by atoms with Crippen LogP contribution in [0, 0.1) is 50.2 Å². The number of hydrogen-bond donors (Lipinski definition) is 9. The van der Waals surface area contributed by atoms with E-state index in [-0.39, 0.29) is 47.2 Å². The quantitative estimate of drug-likeness (QED) is 0.132. The van der Waals surface area contributed by atoms with E-state index in [0.717, 1.165) is 38.5 Å². The van der Waals surface area contributed by atoms with Crippen molar-refractivity contribution in [1.82, 2.24) is 0 Å². The van der Waals surface area contributed by atoms with Crippen LogP contribution in [0.25, 0.3) is 0 Å². The van der Waals surface area contributed by atoms with Gasteiger partial charge in [0.15, 0.2) is 12.6 Å². The maximum absolute atomic E-state index is 13.1. The zero-order valence-electron chi connectivity index (χ0n) is 33.2. The number of fused-ring (bicyclic) bond motifs is 7. The standard InChI is InChI=1S/C41H66O14/c1-36(2)13-14-41(35(50)51)21(15-36)20-7-8-25-37(3)11-10-27(38(4,19-43)24(37)9-12-39(25,5)40(20,6)16-26(41)45)54-33-31(49)32(22(44)18-52-33)55-34-30(48)29(47)28(46)23(17-42)53-34/h7,21-34,42-49H,8-19H2,1-6H3,(H,50,51). The van der Waals surface area contributed by atoms with E-state index in [2.05, 4.69) is 40.7 Å². The molecular weight excluding hydrogens is 716 g/mol. The predicted octanol–water partition coefficient (Wildman–Crippen LogP) is 1.46. The van der Waals surface area contributed by atoms with E-state index in [0.29, 0.717) is 19.3 Å². The zero-order chi connectivity index (χ0) is 40.3. The lowest BCUT2D eigenvalue weighted by atomic mass is 9.33. The van der Waals surface area contributed by atoms with Crippen LogP contribution in [-0.2, 0) is 23.7 Å². The largest absolute Gasteiger partial charge is 0.481 e. The second kappa shape index (κ2) is 14.2. The Bertz CT molecular complexity index is 1490. The number of carbonyl (C=O) groups is 1. The highest BCUT2D eigenvalue weighted by Gasteiger charge is 2.72. The van der Waals surface area contributed by atoms with Gasteiger partial charge in [-0.2, -0.15) is 0 Å². The van der Waals surface area contributed by atoms with Crippen molar-refractivity contribution in [3.63, 3.8) is 0 Å². The summed E-state index contributed by atoms with van der Waals surface area (Å²) in [7, 11) is 0. The first kappa shape index (κ1) is 41.9. The van der Waals surface area contributed by atoms with Crippen molar-refractivity contribution in [2.45, 2.75) is 167 Å². The molecular formula is C41H66O14. The molecule has 0 spiro atoms. The summed E-state index contributed by atoms with van der Waals surface area (Å²) in [6, 6.07) is 0. The van der Waals surface area contributed by atoms with Gasteiger partial charge in [0.2, 0.25) is 0 Å². The Morgan fingerprint density at radius 2 is 1.53 bits per heavy atom. The van der Waals surface area contributed by atoms with Crippen LogP contribution in [0.4, 0.5) is 0 Å². The van der Waals surface area contributed by atoms with Gasteiger partial charge in [-0.3, -0.25) is 4.79 Å². The number of aliphatic carboxylic acids is 1. The molecule has 4 saturated carbocycles. The summed E-state index contributed by atoms with van der Waals surface area (Å²) in [5.74, 6) is -0.945. The molecule has 19 atom stereocenters. The average Bonchev–Trinajstić information content (AvgIpc) is 3.12. The third kappa shape index (κ3) is 6.05. The minimum absolute atomic E-state index is 0.00750. The second-order valence-corrected chi connectivity index (χ2v) is 20.2. The number of aliphatic hydroxyl groups excluding tert-OH is 8. The fraction of sp³-hybridized carbons (Fsp3) is 0.927. The molecule has 19 unspecified atom stereocenters. The first-order valence-corrected chi connectivity index (χ1v) is 20.5. The van der Waals surface area contributed by atoms with E-state index in [1.54, 1.807) is 0 Å². The Balaban J connectivity index is 1.12. The Labute approximate surface area is 323 Å². The summed E-state index contributed by atoms with van der Waals surface area (Å²) in [4.78, 5) is 13.1. The second-order valence-electron chi connectivity index (χ2n) is 20.2. The molecule has 0 amide bonds. The Kier molecular flexibility index (Phi) is 10.8. The topological polar surface area (TPSA) is 236 Å². The molecule has 2 saturated heterocycles. The highest BCUT2D eigenvalue weighted by atomic mass is 16.7. The summed E-state index contributed by atoms with van der Waals surface area (Å²) in [5.41, 5.74) is -1.68. The maximum atomic E-state index is 13.1. The molecule has 2 heterocycles. The lowest BCUT2D eigenvalue weighted by Crippen LogP contribution is -2.68. The number of hydrogen-bond acceptors (Lipinski definition) is 13.